The zero-order chi connectivity index (χ0) is 16.9. The summed E-state index contributed by atoms with van der Waals surface area (Å²) in [4.78, 5) is 21.2. The fourth-order valence-corrected chi connectivity index (χ4v) is 2.99. The normalized spacial score (nSPS) is 17.1. The lowest BCUT2D eigenvalue weighted by molar-refractivity contribution is -0.134. The zero-order valence-electron chi connectivity index (χ0n) is 14.2. The van der Waals surface area contributed by atoms with Crippen LogP contribution in [0.5, 0.6) is 5.75 Å². The summed E-state index contributed by atoms with van der Waals surface area (Å²) in [5.41, 5.74) is 1.85. The Morgan fingerprint density at radius 3 is 2.79 bits per heavy atom. The third-order valence-electron chi connectivity index (χ3n) is 4.14. The fourth-order valence-electron chi connectivity index (χ4n) is 2.99. The van der Waals surface area contributed by atoms with Crippen molar-refractivity contribution in [2.75, 3.05) is 27.2 Å². The number of likely N-dealkylation sites (N-methyl/N-ethyl adjacent to an activating group) is 1. The highest BCUT2D eigenvalue weighted by atomic mass is 16.5. The number of carbonyl (C=O) groups is 1. The topological polar surface area (TPSA) is 45.7 Å². The van der Waals surface area contributed by atoms with Crippen LogP contribution < -0.4 is 4.74 Å². The first-order valence-corrected chi connectivity index (χ1v) is 8.18. The SMILES string of the molecule is CN(C)C[C@H]1COc2ccccc2CN1C(=O)Cc1ccccn1. The number of amides is 1. The highest BCUT2D eigenvalue weighted by Crippen LogP contribution is 2.25. The lowest BCUT2D eigenvalue weighted by Gasteiger charge is -2.31. The standard InChI is InChI=1S/C19H23N3O2/c1-21(2)13-17-14-24-18-9-4-3-7-15(18)12-22(17)19(23)11-16-8-5-6-10-20-16/h3-10,17H,11-14H2,1-2H3/t17-/m0/s1. The molecule has 1 aliphatic rings. The summed E-state index contributed by atoms with van der Waals surface area (Å²) in [6, 6.07) is 13.6. The molecule has 0 radical (unpaired) electrons. The van der Waals surface area contributed by atoms with Crippen molar-refractivity contribution in [3.63, 3.8) is 0 Å². The average Bonchev–Trinajstić information content (AvgIpc) is 2.75. The zero-order valence-corrected chi connectivity index (χ0v) is 14.2. The van der Waals surface area contributed by atoms with Gasteiger partial charge in [-0.2, -0.15) is 0 Å². The quantitative estimate of drug-likeness (QED) is 0.862. The number of hydrogen-bond donors (Lipinski definition) is 0. The van der Waals surface area contributed by atoms with Crippen LogP contribution in [-0.4, -0.2) is 54.0 Å². The Morgan fingerprint density at radius 2 is 2.04 bits per heavy atom. The Kier molecular flexibility index (Phi) is 5.11. The second-order valence-corrected chi connectivity index (χ2v) is 6.35. The van der Waals surface area contributed by atoms with E-state index < -0.39 is 0 Å². The summed E-state index contributed by atoms with van der Waals surface area (Å²) in [5, 5.41) is 0. The van der Waals surface area contributed by atoms with Gasteiger partial charge >= 0.3 is 0 Å². The fraction of sp³-hybridized carbons (Fsp3) is 0.368. The minimum atomic E-state index is 0.0172. The number of pyridine rings is 1. The van der Waals surface area contributed by atoms with Crippen LogP contribution in [0.1, 0.15) is 11.3 Å². The van der Waals surface area contributed by atoms with E-state index in [1.165, 1.54) is 0 Å². The molecule has 3 rings (SSSR count). The summed E-state index contributed by atoms with van der Waals surface area (Å²) in [5.74, 6) is 0.954. The predicted octanol–water partition coefficient (Wildman–Crippen LogP) is 1.98. The molecule has 1 aliphatic heterocycles. The molecule has 0 aliphatic carbocycles. The van der Waals surface area contributed by atoms with Crippen LogP contribution in [-0.2, 0) is 17.8 Å². The second kappa shape index (κ2) is 7.45. The molecule has 0 saturated heterocycles. The number of fused-ring (bicyclic) bond motifs is 1. The Morgan fingerprint density at radius 1 is 1.25 bits per heavy atom. The number of ether oxygens (including phenoxy) is 1. The summed E-state index contributed by atoms with van der Waals surface area (Å²) >= 11 is 0. The molecule has 2 heterocycles. The van der Waals surface area contributed by atoms with Crippen LogP contribution >= 0.6 is 0 Å². The van der Waals surface area contributed by atoms with E-state index in [0.29, 0.717) is 19.6 Å². The van der Waals surface area contributed by atoms with E-state index in [0.717, 1.165) is 23.6 Å². The average molecular weight is 325 g/mol. The van der Waals surface area contributed by atoms with Crippen molar-refractivity contribution in [1.29, 1.82) is 0 Å². The van der Waals surface area contributed by atoms with Crippen molar-refractivity contribution in [3.8, 4) is 5.75 Å². The molecule has 126 valence electrons. The van der Waals surface area contributed by atoms with Gasteiger partial charge in [0.05, 0.1) is 12.5 Å². The van der Waals surface area contributed by atoms with Gasteiger partial charge < -0.3 is 14.5 Å². The van der Waals surface area contributed by atoms with Crippen molar-refractivity contribution < 1.29 is 9.53 Å². The van der Waals surface area contributed by atoms with E-state index in [1.807, 2.05) is 61.5 Å². The summed E-state index contributed by atoms with van der Waals surface area (Å²) < 4.78 is 5.96. The summed E-state index contributed by atoms with van der Waals surface area (Å²) in [6.07, 6.45) is 2.04. The first-order valence-electron chi connectivity index (χ1n) is 8.18. The Balaban J connectivity index is 1.83. The summed E-state index contributed by atoms with van der Waals surface area (Å²) in [6.45, 7) is 1.84. The van der Waals surface area contributed by atoms with Crippen LogP contribution in [0.25, 0.3) is 0 Å². The molecule has 1 atom stereocenters. The lowest BCUT2D eigenvalue weighted by atomic mass is 10.1. The van der Waals surface area contributed by atoms with E-state index in [1.54, 1.807) is 6.20 Å². The maximum atomic E-state index is 12.9. The van der Waals surface area contributed by atoms with Crippen LogP contribution in [0.2, 0.25) is 0 Å². The molecule has 0 N–H and O–H groups in total. The molecule has 5 nitrogen and oxygen atoms in total. The van der Waals surface area contributed by atoms with E-state index in [4.69, 9.17) is 4.74 Å². The van der Waals surface area contributed by atoms with Gasteiger partial charge in [0.2, 0.25) is 5.91 Å². The number of nitrogens with zero attached hydrogens (tertiary/aromatic N) is 3. The van der Waals surface area contributed by atoms with Crippen LogP contribution in [0.3, 0.4) is 0 Å². The maximum absolute atomic E-state index is 12.9. The maximum Gasteiger partial charge on any atom is 0.229 e. The van der Waals surface area contributed by atoms with E-state index in [9.17, 15) is 4.79 Å². The predicted molar refractivity (Wildman–Crippen MR) is 92.8 cm³/mol. The number of hydrogen-bond acceptors (Lipinski definition) is 4. The number of benzene rings is 1. The van der Waals surface area contributed by atoms with Crippen LogP contribution in [0.15, 0.2) is 48.7 Å². The van der Waals surface area contributed by atoms with Gasteiger partial charge in [-0.1, -0.05) is 24.3 Å². The number of para-hydroxylation sites is 1. The minimum Gasteiger partial charge on any atom is -0.491 e. The van der Waals surface area contributed by atoms with Crippen LogP contribution in [0, 0.1) is 0 Å². The van der Waals surface area contributed by atoms with Crippen molar-refractivity contribution in [2.45, 2.75) is 19.0 Å². The molecule has 0 bridgehead atoms. The largest absolute Gasteiger partial charge is 0.491 e. The molecular formula is C19H23N3O2. The number of carbonyl (C=O) groups excluding carboxylic acids is 1. The number of aromatic nitrogens is 1. The van der Waals surface area contributed by atoms with Gasteiger partial charge in [0, 0.05) is 30.5 Å². The molecule has 0 spiro atoms. The Bertz CT molecular complexity index is 688. The van der Waals surface area contributed by atoms with Gasteiger partial charge in [0.15, 0.2) is 0 Å². The molecule has 2 aromatic rings. The third-order valence-corrected chi connectivity index (χ3v) is 4.14. The van der Waals surface area contributed by atoms with E-state index in [-0.39, 0.29) is 11.9 Å². The van der Waals surface area contributed by atoms with E-state index >= 15 is 0 Å². The van der Waals surface area contributed by atoms with Gasteiger partial charge in [0.25, 0.3) is 0 Å². The molecule has 5 heteroatoms. The molecule has 0 fully saturated rings. The highest BCUT2D eigenvalue weighted by molar-refractivity contribution is 5.79. The molecule has 24 heavy (non-hydrogen) atoms. The third kappa shape index (κ3) is 3.92. The van der Waals surface area contributed by atoms with Crippen LogP contribution in [0.4, 0.5) is 0 Å². The van der Waals surface area contributed by atoms with E-state index in [2.05, 4.69) is 9.88 Å². The molecule has 1 aromatic carbocycles. The van der Waals surface area contributed by atoms with Crippen molar-refractivity contribution in [1.82, 2.24) is 14.8 Å². The van der Waals surface area contributed by atoms with Crippen molar-refractivity contribution >= 4 is 5.91 Å². The number of rotatable bonds is 4. The Labute approximate surface area is 142 Å². The first-order chi connectivity index (χ1) is 11.6. The summed E-state index contributed by atoms with van der Waals surface area (Å²) in [7, 11) is 4.03. The molecule has 1 aromatic heterocycles. The minimum absolute atomic E-state index is 0.0172. The van der Waals surface area contributed by atoms with Gasteiger partial charge in [0.1, 0.15) is 12.4 Å². The van der Waals surface area contributed by atoms with Gasteiger partial charge in [-0.3, -0.25) is 9.78 Å². The molecular weight excluding hydrogens is 302 g/mol. The monoisotopic (exact) mass is 325 g/mol. The molecule has 0 saturated carbocycles. The van der Waals surface area contributed by atoms with Crippen molar-refractivity contribution in [2.24, 2.45) is 0 Å². The lowest BCUT2D eigenvalue weighted by Crippen LogP contribution is -2.47. The van der Waals surface area contributed by atoms with Gasteiger partial charge in [-0.25, -0.2) is 0 Å². The second-order valence-electron chi connectivity index (χ2n) is 6.35. The Hall–Kier alpha value is -2.40. The molecule has 1 amide bonds. The molecule has 0 unspecified atom stereocenters. The van der Waals surface area contributed by atoms with Gasteiger partial charge in [-0.15, -0.1) is 0 Å². The highest BCUT2D eigenvalue weighted by Gasteiger charge is 2.29. The van der Waals surface area contributed by atoms with Crippen molar-refractivity contribution in [3.05, 3.63) is 59.9 Å². The smallest absolute Gasteiger partial charge is 0.229 e. The van der Waals surface area contributed by atoms with Gasteiger partial charge in [-0.05, 0) is 32.3 Å². The first kappa shape index (κ1) is 16.5.